The number of aromatic nitrogens is 1. The molecule has 0 atom stereocenters. The number of nitrogens with one attached hydrogen (secondary N) is 4. The van der Waals surface area contributed by atoms with E-state index in [9.17, 15) is 4.79 Å². The summed E-state index contributed by atoms with van der Waals surface area (Å²) in [6.45, 7) is 6.08. The maximum absolute atomic E-state index is 13.0. The topological polar surface area (TPSA) is 78.2 Å². The lowest BCUT2D eigenvalue weighted by Gasteiger charge is -2.25. The summed E-state index contributed by atoms with van der Waals surface area (Å²) in [5.74, 6) is 1.29. The van der Waals surface area contributed by atoms with Crippen molar-refractivity contribution in [3.8, 4) is 11.5 Å². The minimum atomic E-state index is -0.215. The van der Waals surface area contributed by atoms with E-state index in [0.29, 0.717) is 28.2 Å². The van der Waals surface area contributed by atoms with Gasteiger partial charge in [0.1, 0.15) is 17.2 Å². The molecule has 0 bridgehead atoms. The van der Waals surface area contributed by atoms with Gasteiger partial charge in [-0.1, -0.05) is 17.7 Å². The van der Waals surface area contributed by atoms with Gasteiger partial charge in [-0.25, -0.2) is 0 Å². The lowest BCUT2D eigenvalue weighted by molar-refractivity contribution is 0.102. The normalized spacial score (nSPS) is 14.1. The fraction of sp³-hybridized carbons (Fsp3) is 0.250. The zero-order chi connectivity index (χ0) is 24.4. The summed E-state index contributed by atoms with van der Waals surface area (Å²) in [5, 5.41) is 11.5. The highest BCUT2D eigenvalue weighted by molar-refractivity contribution is 6.32. The summed E-state index contributed by atoms with van der Waals surface area (Å²) < 4.78 is 5.97. The van der Waals surface area contributed by atoms with Crippen molar-refractivity contribution >= 4 is 39.8 Å². The van der Waals surface area contributed by atoms with Gasteiger partial charge in [-0.15, -0.1) is 0 Å². The molecule has 4 aromatic rings. The second-order valence-corrected chi connectivity index (χ2v) is 9.61. The zero-order valence-corrected chi connectivity index (χ0v) is 20.6. The van der Waals surface area contributed by atoms with Crippen LogP contribution in [0.25, 0.3) is 10.9 Å². The number of halogens is 1. The Labute approximate surface area is 210 Å². The molecule has 1 fully saturated rings. The van der Waals surface area contributed by atoms with Crippen molar-refractivity contribution in [1.29, 1.82) is 0 Å². The van der Waals surface area contributed by atoms with Gasteiger partial charge >= 0.3 is 0 Å². The average Bonchev–Trinajstić information content (AvgIpc) is 3.25. The van der Waals surface area contributed by atoms with Gasteiger partial charge in [0.2, 0.25) is 0 Å². The Balaban J connectivity index is 1.29. The molecule has 0 saturated carbocycles. The third-order valence-corrected chi connectivity index (χ3v) is 6.40. The summed E-state index contributed by atoms with van der Waals surface area (Å²) >= 11 is 6.37. The largest absolute Gasteiger partial charge is 0.457 e. The maximum Gasteiger partial charge on any atom is 0.272 e. The lowest BCUT2D eigenvalue weighted by atomic mass is 10.1. The number of hydrogen-bond acceptors (Lipinski definition) is 4. The van der Waals surface area contributed by atoms with E-state index >= 15 is 0 Å². The highest BCUT2D eigenvalue weighted by Gasteiger charge is 2.17. The van der Waals surface area contributed by atoms with Crippen LogP contribution in [0.4, 0.5) is 11.4 Å². The third-order valence-electron chi connectivity index (χ3n) is 6.18. The SMILES string of the molecule is Cc1cc(C)cc(Oc2ccc(NC(=O)c3cc4cc(Cl)cc(NC5CCNCC5)c4[nH]3)cc2)c1. The fourth-order valence-electron chi connectivity index (χ4n) is 4.56. The van der Waals surface area contributed by atoms with E-state index in [-0.39, 0.29) is 5.91 Å². The fourth-order valence-corrected chi connectivity index (χ4v) is 4.79. The number of fused-ring (bicyclic) bond motifs is 1. The lowest BCUT2D eigenvalue weighted by Crippen LogP contribution is -2.35. The second-order valence-electron chi connectivity index (χ2n) is 9.17. The quantitative estimate of drug-likeness (QED) is 0.245. The Hall–Kier alpha value is -3.48. The number of hydrogen-bond donors (Lipinski definition) is 4. The van der Waals surface area contributed by atoms with E-state index in [4.69, 9.17) is 16.3 Å². The summed E-state index contributed by atoms with van der Waals surface area (Å²) in [6.07, 6.45) is 2.09. The van der Waals surface area contributed by atoms with E-state index in [1.165, 1.54) is 0 Å². The molecule has 4 N–H and O–H groups in total. The van der Waals surface area contributed by atoms with Crippen LogP contribution in [0.2, 0.25) is 5.02 Å². The smallest absolute Gasteiger partial charge is 0.272 e. The molecule has 6 nitrogen and oxygen atoms in total. The van der Waals surface area contributed by atoms with Crippen LogP contribution in [0.5, 0.6) is 11.5 Å². The van der Waals surface area contributed by atoms with Crippen molar-refractivity contribution in [1.82, 2.24) is 10.3 Å². The van der Waals surface area contributed by atoms with E-state index in [1.54, 1.807) is 0 Å². The minimum absolute atomic E-state index is 0.215. The van der Waals surface area contributed by atoms with Gasteiger partial charge in [-0.2, -0.15) is 0 Å². The molecule has 1 aliphatic heterocycles. The summed E-state index contributed by atoms with van der Waals surface area (Å²) in [4.78, 5) is 16.3. The number of benzene rings is 3. The molecule has 35 heavy (non-hydrogen) atoms. The zero-order valence-electron chi connectivity index (χ0n) is 19.9. The molecule has 0 unspecified atom stereocenters. The van der Waals surface area contributed by atoms with E-state index in [0.717, 1.165) is 59.4 Å². The van der Waals surface area contributed by atoms with E-state index < -0.39 is 0 Å². The van der Waals surface area contributed by atoms with Crippen molar-refractivity contribution in [2.24, 2.45) is 0 Å². The number of carbonyl (C=O) groups is 1. The monoisotopic (exact) mass is 488 g/mol. The third kappa shape index (κ3) is 5.61. The first-order valence-corrected chi connectivity index (χ1v) is 12.3. The van der Waals surface area contributed by atoms with Crippen LogP contribution in [0.3, 0.4) is 0 Å². The second kappa shape index (κ2) is 10.0. The molecule has 1 saturated heterocycles. The first-order chi connectivity index (χ1) is 16.9. The number of aromatic amines is 1. The Morgan fingerprint density at radius 2 is 1.66 bits per heavy atom. The molecule has 3 aromatic carbocycles. The van der Waals surface area contributed by atoms with Gasteiger partial charge in [0.05, 0.1) is 11.2 Å². The first-order valence-electron chi connectivity index (χ1n) is 11.9. The standard InChI is InChI=1S/C28H29ClN4O2/c1-17-11-18(2)13-24(12-17)35-23-5-3-21(4-6-23)32-28(34)26-15-19-14-20(29)16-25(27(19)33-26)31-22-7-9-30-10-8-22/h3-6,11-16,22,30-31,33H,7-10H2,1-2H3,(H,32,34). The van der Waals surface area contributed by atoms with Crippen LogP contribution >= 0.6 is 11.6 Å². The average molecular weight is 489 g/mol. The molecule has 180 valence electrons. The van der Waals surface area contributed by atoms with Crippen molar-refractivity contribution in [2.75, 3.05) is 23.7 Å². The Morgan fingerprint density at radius 1 is 0.943 bits per heavy atom. The number of H-pyrrole nitrogens is 1. The van der Waals surface area contributed by atoms with Gasteiger partial charge < -0.3 is 25.7 Å². The van der Waals surface area contributed by atoms with E-state index in [1.807, 2.05) is 68.4 Å². The summed E-state index contributed by atoms with van der Waals surface area (Å²) in [6, 6.07) is 19.5. The van der Waals surface area contributed by atoms with Crippen molar-refractivity contribution in [3.63, 3.8) is 0 Å². The molecular weight excluding hydrogens is 460 g/mol. The number of carbonyl (C=O) groups excluding carboxylic acids is 1. The van der Waals surface area contributed by atoms with Crippen LogP contribution in [-0.4, -0.2) is 30.0 Å². The Bertz CT molecular complexity index is 1340. The molecule has 1 aromatic heterocycles. The summed E-state index contributed by atoms with van der Waals surface area (Å²) in [5.41, 5.74) is 5.27. The van der Waals surface area contributed by atoms with Gasteiger partial charge in [-0.3, -0.25) is 4.79 Å². The van der Waals surface area contributed by atoms with Crippen molar-refractivity contribution in [3.05, 3.63) is 82.5 Å². The molecule has 5 rings (SSSR count). The molecule has 0 radical (unpaired) electrons. The highest BCUT2D eigenvalue weighted by atomic mass is 35.5. The van der Waals surface area contributed by atoms with Crippen molar-refractivity contribution in [2.45, 2.75) is 32.7 Å². The number of amides is 1. The number of anilines is 2. The maximum atomic E-state index is 13.0. The molecule has 1 amide bonds. The van der Waals surface area contributed by atoms with Gasteiger partial charge in [-0.05, 0) is 106 Å². The van der Waals surface area contributed by atoms with Crippen LogP contribution in [0, 0.1) is 13.8 Å². The molecule has 0 aliphatic carbocycles. The predicted molar refractivity (Wildman–Crippen MR) is 143 cm³/mol. The minimum Gasteiger partial charge on any atom is -0.457 e. The predicted octanol–water partition coefficient (Wildman–Crippen LogP) is 6.65. The molecule has 0 spiro atoms. The molecular formula is C28H29ClN4O2. The number of piperidine rings is 1. The van der Waals surface area contributed by atoms with Gasteiger partial charge in [0, 0.05) is 22.1 Å². The molecule has 1 aliphatic rings. The molecule has 7 heteroatoms. The first kappa shape index (κ1) is 23.3. The summed E-state index contributed by atoms with van der Waals surface area (Å²) in [7, 11) is 0. The number of rotatable bonds is 6. The number of ether oxygens (including phenoxy) is 1. The van der Waals surface area contributed by atoms with Gasteiger partial charge in [0.25, 0.3) is 5.91 Å². The van der Waals surface area contributed by atoms with E-state index in [2.05, 4.69) is 27.0 Å². The van der Waals surface area contributed by atoms with Crippen LogP contribution in [-0.2, 0) is 0 Å². The highest BCUT2D eigenvalue weighted by Crippen LogP contribution is 2.30. The Kier molecular flexibility index (Phi) is 6.66. The van der Waals surface area contributed by atoms with Crippen molar-refractivity contribution < 1.29 is 9.53 Å². The van der Waals surface area contributed by atoms with Crippen LogP contribution in [0.15, 0.2) is 60.7 Å². The Morgan fingerprint density at radius 3 is 2.37 bits per heavy atom. The van der Waals surface area contributed by atoms with Crippen LogP contribution in [0.1, 0.15) is 34.5 Å². The van der Waals surface area contributed by atoms with Gasteiger partial charge in [0.15, 0.2) is 0 Å². The van der Waals surface area contributed by atoms with Crippen LogP contribution < -0.4 is 20.7 Å². The molecule has 2 heterocycles. The number of aryl methyl sites for hydroxylation is 2.